The summed E-state index contributed by atoms with van der Waals surface area (Å²) in [6.45, 7) is 1.94. The summed E-state index contributed by atoms with van der Waals surface area (Å²) in [4.78, 5) is 11.5. The van der Waals surface area contributed by atoms with Crippen molar-refractivity contribution in [3.8, 4) is 0 Å². The van der Waals surface area contributed by atoms with Gasteiger partial charge in [-0.1, -0.05) is 12.1 Å². The summed E-state index contributed by atoms with van der Waals surface area (Å²) in [5.41, 5.74) is 3.04. The Morgan fingerprint density at radius 3 is 2.95 bits per heavy atom. The topological polar surface area (TPSA) is 61.4 Å². The minimum absolute atomic E-state index is 0.0912. The van der Waals surface area contributed by atoms with E-state index in [1.807, 2.05) is 12.1 Å². The Balaban J connectivity index is 1.80. The Kier molecular flexibility index (Phi) is 4.03. The lowest BCUT2D eigenvalue weighted by Crippen LogP contribution is -2.33. The number of fused-ring (bicyclic) bond motifs is 1. The number of hydrogen-bond donors (Lipinski definition) is 3. The van der Waals surface area contributed by atoms with Crippen LogP contribution in [-0.2, 0) is 11.2 Å². The van der Waals surface area contributed by atoms with Crippen LogP contribution in [0, 0.1) is 5.92 Å². The summed E-state index contributed by atoms with van der Waals surface area (Å²) < 4.78 is 0. The van der Waals surface area contributed by atoms with Gasteiger partial charge in [-0.2, -0.15) is 0 Å². The Morgan fingerprint density at radius 1 is 1.25 bits per heavy atom. The fraction of sp³-hybridized carbons (Fsp3) is 0.562. The first-order valence-electron chi connectivity index (χ1n) is 7.55. The van der Waals surface area contributed by atoms with Crippen molar-refractivity contribution in [3.05, 3.63) is 29.3 Å². The van der Waals surface area contributed by atoms with Crippen LogP contribution in [0.1, 0.15) is 42.9 Å². The maximum atomic E-state index is 11.5. The van der Waals surface area contributed by atoms with Gasteiger partial charge in [-0.3, -0.25) is 4.79 Å². The molecule has 1 amide bonds. The van der Waals surface area contributed by atoms with Gasteiger partial charge in [0.25, 0.3) is 0 Å². The average molecular weight is 274 g/mol. The van der Waals surface area contributed by atoms with E-state index < -0.39 is 6.10 Å². The van der Waals surface area contributed by atoms with Crippen molar-refractivity contribution in [2.45, 2.75) is 38.2 Å². The van der Waals surface area contributed by atoms with Crippen LogP contribution in [0.25, 0.3) is 0 Å². The highest BCUT2D eigenvalue weighted by atomic mass is 16.3. The standard InChI is InChI=1S/C16H22N2O2/c19-15-5-1-3-11-9-12(6-7-14(11)18-15)16(20)13-4-2-8-17-10-13/h6-7,9,13,16-17,20H,1-5,8,10H2,(H,18,19). The molecule has 0 saturated carbocycles. The Bertz CT molecular complexity index is 495. The first-order valence-corrected chi connectivity index (χ1v) is 7.55. The number of carbonyl (C=O) groups excluding carboxylic acids is 1. The molecule has 3 N–H and O–H groups in total. The van der Waals surface area contributed by atoms with Gasteiger partial charge >= 0.3 is 0 Å². The van der Waals surface area contributed by atoms with Gasteiger partial charge in [-0.15, -0.1) is 0 Å². The molecule has 0 spiro atoms. The van der Waals surface area contributed by atoms with Crippen molar-refractivity contribution in [3.63, 3.8) is 0 Å². The number of benzene rings is 1. The zero-order valence-electron chi connectivity index (χ0n) is 11.7. The molecule has 4 heteroatoms. The number of carbonyl (C=O) groups is 1. The smallest absolute Gasteiger partial charge is 0.224 e. The van der Waals surface area contributed by atoms with E-state index in [2.05, 4.69) is 16.7 Å². The normalized spacial score (nSPS) is 24.4. The molecule has 2 aliphatic heterocycles. The van der Waals surface area contributed by atoms with E-state index in [0.717, 1.165) is 55.6 Å². The van der Waals surface area contributed by atoms with E-state index >= 15 is 0 Å². The number of piperidine rings is 1. The maximum Gasteiger partial charge on any atom is 0.224 e. The largest absolute Gasteiger partial charge is 0.388 e. The van der Waals surface area contributed by atoms with E-state index in [1.54, 1.807) is 0 Å². The lowest BCUT2D eigenvalue weighted by atomic mass is 9.88. The van der Waals surface area contributed by atoms with Crippen LogP contribution in [0.2, 0.25) is 0 Å². The highest BCUT2D eigenvalue weighted by Crippen LogP contribution is 2.31. The van der Waals surface area contributed by atoms with E-state index in [9.17, 15) is 9.90 Å². The van der Waals surface area contributed by atoms with E-state index in [-0.39, 0.29) is 5.91 Å². The fourth-order valence-electron chi connectivity index (χ4n) is 3.20. The molecule has 2 heterocycles. The summed E-state index contributed by atoms with van der Waals surface area (Å²) in [5.74, 6) is 0.385. The summed E-state index contributed by atoms with van der Waals surface area (Å²) >= 11 is 0. The van der Waals surface area contributed by atoms with Gasteiger partial charge in [0.05, 0.1) is 6.10 Å². The number of anilines is 1. The second kappa shape index (κ2) is 5.94. The lowest BCUT2D eigenvalue weighted by Gasteiger charge is -2.28. The molecule has 2 atom stereocenters. The lowest BCUT2D eigenvalue weighted by molar-refractivity contribution is -0.116. The average Bonchev–Trinajstić information content (AvgIpc) is 2.67. The summed E-state index contributed by atoms with van der Waals surface area (Å²) in [6, 6.07) is 5.96. The zero-order chi connectivity index (χ0) is 13.9. The summed E-state index contributed by atoms with van der Waals surface area (Å²) in [7, 11) is 0. The Labute approximate surface area is 119 Å². The molecule has 0 aromatic heterocycles. The Hall–Kier alpha value is -1.39. The third-order valence-corrected chi connectivity index (χ3v) is 4.38. The molecule has 4 nitrogen and oxygen atoms in total. The number of aliphatic hydroxyl groups excluding tert-OH is 1. The summed E-state index contributed by atoms with van der Waals surface area (Å²) in [5, 5.41) is 16.8. The molecular weight excluding hydrogens is 252 g/mol. The van der Waals surface area contributed by atoms with Gasteiger partial charge in [0.15, 0.2) is 0 Å². The molecular formula is C16H22N2O2. The molecule has 108 valence electrons. The number of aryl methyl sites for hydroxylation is 1. The van der Waals surface area contributed by atoms with Gasteiger partial charge in [0, 0.05) is 24.6 Å². The van der Waals surface area contributed by atoms with Gasteiger partial charge in [0.2, 0.25) is 5.91 Å². The second-order valence-corrected chi connectivity index (χ2v) is 5.87. The second-order valence-electron chi connectivity index (χ2n) is 5.87. The molecule has 1 aromatic carbocycles. The van der Waals surface area contributed by atoms with E-state index in [4.69, 9.17) is 0 Å². The van der Waals surface area contributed by atoms with Gasteiger partial charge in [-0.05, 0) is 49.4 Å². The monoisotopic (exact) mass is 274 g/mol. The van der Waals surface area contributed by atoms with Crippen molar-refractivity contribution >= 4 is 11.6 Å². The number of nitrogens with one attached hydrogen (secondary N) is 2. The molecule has 2 unspecified atom stereocenters. The minimum atomic E-state index is -0.410. The molecule has 1 saturated heterocycles. The highest BCUT2D eigenvalue weighted by Gasteiger charge is 2.24. The van der Waals surface area contributed by atoms with Gasteiger partial charge in [0.1, 0.15) is 0 Å². The van der Waals surface area contributed by atoms with Crippen LogP contribution < -0.4 is 10.6 Å². The predicted octanol–water partition coefficient (Wildman–Crippen LogP) is 1.99. The van der Waals surface area contributed by atoms with Crippen LogP contribution >= 0.6 is 0 Å². The molecule has 1 aromatic rings. The number of hydrogen-bond acceptors (Lipinski definition) is 3. The number of amides is 1. The SMILES string of the molecule is O=C1CCCc2cc(C(O)C3CCCNC3)ccc2N1. The van der Waals surface area contributed by atoms with Crippen molar-refractivity contribution in [2.75, 3.05) is 18.4 Å². The third kappa shape index (κ3) is 2.86. The van der Waals surface area contributed by atoms with E-state index in [1.165, 1.54) is 0 Å². The van der Waals surface area contributed by atoms with Gasteiger partial charge in [-0.25, -0.2) is 0 Å². The zero-order valence-corrected chi connectivity index (χ0v) is 11.7. The van der Waals surface area contributed by atoms with Crippen molar-refractivity contribution in [1.29, 1.82) is 0 Å². The first-order chi connectivity index (χ1) is 9.74. The molecule has 2 aliphatic rings. The van der Waals surface area contributed by atoms with E-state index in [0.29, 0.717) is 12.3 Å². The van der Waals surface area contributed by atoms with Crippen LogP contribution in [0.4, 0.5) is 5.69 Å². The molecule has 20 heavy (non-hydrogen) atoms. The first kappa shape index (κ1) is 13.6. The minimum Gasteiger partial charge on any atom is -0.388 e. The van der Waals surface area contributed by atoms with Crippen molar-refractivity contribution in [1.82, 2.24) is 5.32 Å². The molecule has 0 radical (unpaired) electrons. The molecule has 3 rings (SSSR count). The fourth-order valence-corrected chi connectivity index (χ4v) is 3.20. The molecule has 0 aliphatic carbocycles. The van der Waals surface area contributed by atoms with Gasteiger partial charge < -0.3 is 15.7 Å². The highest BCUT2D eigenvalue weighted by molar-refractivity contribution is 5.92. The third-order valence-electron chi connectivity index (χ3n) is 4.38. The number of rotatable bonds is 2. The Morgan fingerprint density at radius 2 is 2.15 bits per heavy atom. The maximum absolute atomic E-state index is 11.5. The summed E-state index contributed by atoms with van der Waals surface area (Å²) in [6.07, 6.45) is 4.15. The number of aliphatic hydroxyl groups is 1. The van der Waals surface area contributed by atoms with Crippen molar-refractivity contribution in [2.24, 2.45) is 5.92 Å². The van der Waals surface area contributed by atoms with Crippen molar-refractivity contribution < 1.29 is 9.90 Å². The van der Waals surface area contributed by atoms with Crippen LogP contribution in [-0.4, -0.2) is 24.1 Å². The molecule has 1 fully saturated rings. The van der Waals surface area contributed by atoms with Crippen LogP contribution in [0.15, 0.2) is 18.2 Å². The predicted molar refractivity (Wildman–Crippen MR) is 78.6 cm³/mol. The quantitative estimate of drug-likeness (QED) is 0.773. The van der Waals surface area contributed by atoms with Crippen LogP contribution in [0.3, 0.4) is 0 Å². The molecule has 0 bridgehead atoms. The van der Waals surface area contributed by atoms with Crippen LogP contribution in [0.5, 0.6) is 0 Å².